The summed E-state index contributed by atoms with van der Waals surface area (Å²) in [6.07, 6.45) is 16.7. The molecule has 0 radical (unpaired) electrons. The molecule has 0 saturated carbocycles. The lowest BCUT2D eigenvalue weighted by Crippen LogP contribution is -2.30. The minimum Gasteiger partial charge on any atom is -0.382 e. The highest BCUT2D eigenvalue weighted by Gasteiger charge is 2.15. The normalized spacial score (nSPS) is 12.0. The summed E-state index contributed by atoms with van der Waals surface area (Å²) < 4.78 is 0. The molecule has 1 unspecified atom stereocenters. The van der Waals surface area contributed by atoms with Crippen LogP contribution in [-0.4, -0.2) is 19.6 Å². The van der Waals surface area contributed by atoms with Crippen LogP contribution < -0.4 is 21.6 Å². The zero-order valence-corrected chi connectivity index (χ0v) is 27.9. The largest absolute Gasteiger partial charge is 0.382 e. The number of benzene rings is 4. The zero-order chi connectivity index (χ0) is 33.0. The summed E-state index contributed by atoms with van der Waals surface area (Å²) in [6, 6.07) is 34.5. The maximum absolute atomic E-state index is 4.50. The Bertz CT molecular complexity index is 1630. The topological polar surface area (TPSA) is 50.4 Å². The lowest BCUT2D eigenvalue weighted by atomic mass is 9.92. The second kappa shape index (κ2) is 20.3. The van der Waals surface area contributed by atoms with E-state index < -0.39 is 0 Å². The molecule has 1 aliphatic heterocycles. The van der Waals surface area contributed by atoms with Crippen LogP contribution in [0.1, 0.15) is 59.6 Å². The lowest BCUT2D eigenvalue weighted by Gasteiger charge is -2.24. The fraction of sp³-hybridized carbons (Fsp3) is 0.262. The minimum absolute atomic E-state index is 0.314. The molecule has 3 heteroatoms. The van der Waals surface area contributed by atoms with Crippen LogP contribution in [0.4, 0.5) is 0 Å². The predicted octanol–water partition coefficient (Wildman–Crippen LogP) is 7.98. The molecular formula is C42H51N3. The number of terminal acetylenes is 1. The van der Waals surface area contributed by atoms with Crippen LogP contribution in [0, 0.1) is 33.6 Å². The SMILES string of the molecule is C#C.C=C(NC(CCc1ccccc1)C/C(=C/C)c1ccccc1C)c1ccccc1.CN.Cc1cc(C)c2c(c1)=CCCN=2. The van der Waals surface area contributed by atoms with Crippen molar-refractivity contribution < 1.29 is 0 Å². The second-order valence-electron chi connectivity index (χ2n) is 10.9. The first-order valence-corrected chi connectivity index (χ1v) is 15.7. The predicted molar refractivity (Wildman–Crippen MR) is 197 cm³/mol. The van der Waals surface area contributed by atoms with E-state index in [1.165, 1.54) is 51.0 Å². The molecular weight excluding hydrogens is 546 g/mol. The third-order valence-corrected chi connectivity index (χ3v) is 7.67. The molecule has 0 bridgehead atoms. The van der Waals surface area contributed by atoms with Crippen molar-refractivity contribution in [3.63, 3.8) is 0 Å². The van der Waals surface area contributed by atoms with E-state index in [4.69, 9.17) is 0 Å². The molecule has 5 rings (SSSR count). The Kier molecular flexibility index (Phi) is 16.5. The quantitative estimate of drug-likeness (QED) is 0.192. The maximum atomic E-state index is 4.50. The Morgan fingerprint density at radius 1 is 0.889 bits per heavy atom. The summed E-state index contributed by atoms with van der Waals surface area (Å²) in [6.45, 7) is 13.9. The Morgan fingerprint density at radius 2 is 1.51 bits per heavy atom. The van der Waals surface area contributed by atoms with Crippen LogP contribution in [-0.2, 0) is 6.42 Å². The number of allylic oxidation sites excluding steroid dienone is 1. The van der Waals surface area contributed by atoms with Gasteiger partial charge < -0.3 is 11.1 Å². The van der Waals surface area contributed by atoms with Gasteiger partial charge in [-0.3, -0.25) is 4.99 Å². The molecule has 1 atom stereocenters. The van der Waals surface area contributed by atoms with Gasteiger partial charge in [0.1, 0.15) is 0 Å². The van der Waals surface area contributed by atoms with Gasteiger partial charge in [0.25, 0.3) is 0 Å². The van der Waals surface area contributed by atoms with E-state index in [2.05, 4.69) is 166 Å². The molecule has 0 fully saturated rings. The first kappa shape index (κ1) is 36.5. The lowest BCUT2D eigenvalue weighted by molar-refractivity contribution is 0.562. The van der Waals surface area contributed by atoms with Gasteiger partial charge in [-0.15, -0.1) is 12.8 Å². The Balaban J connectivity index is 0.000000365. The molecule has 1 heterocycles. The fourth-order valence-electron chi connectivity index (χ4n) is 5.52. The summed E-state index contributed by atoms with van der Waals surface area (Å²) in [7, 11) is 1.50. The molecule has 3 N–H and O–H groups in total. The van der Waals surface area contributed by atoms with Gasteiger partial charge in [-0.25, -0.2) is 0 Å². The third-order valence-electron chi connectivity index (χ3n) is 7.67. The van der Waals surface area contributed by atoms with Crippen molar-refractivity contribution in [2.75, 3.05) is 13.6 Å². The van der Waals surface area contributed by atoms with Crippen LogP contribution in [0.5, 0.6) is 0 Å². The van der Waals surface area contributed by atoms with Crippen LogP contribution in [0.15, 0.2) is 115 Å². The van der Waals surface area contributed by atoms with Crippen molar-refractivity contribution in [2.45, 2.75) is 59.4 Å². The number of nitrogens with one attached hydrogen (secondary N) is 1. The van der Waals surface area contributed by atoms with Crippen LogP contribution in [0.25, 0.3) is 17.3 Å². The summed E-state index contributed by atoms with van der Waals surface area (Å²) in [5, 5.41) is 6.24. The van der Waals surface area contributed by atoms with Gasteiger partial charge in [0.15, 0.2) is 0 Å². The van der Waals surface area contributed by atoms with Gasteiger partial charge in [0.05, 0.1) is 5.36 Å². The molecule has 0 amide bonds. The first-order valence-electron chi connectivity index (χ1n) is 15.7. The fourth-order valence-corrected chi connectivity index (χ4v) is 5.52. The van der Waals surface area contributed by atoms with Crippen molar-refractivity contribution in [1.29, 1.82) is 0 Å². The minimum atomic E-state index is 0.314. The van der Waals surface area contributed by atoms with Crippen molar-refractivity contribution in [2.24, 2.45) is 10.7 Å². The zero-order valence-electron chi connectivity index (χ0n) is 27.9. The summed E-state index contributed by atoms with van der Waals surface area (Å²) in [5.41, 5.74) is 14.7. The molecule has 3 nitrogen and oxygen atoms in total. The van der Waals surface area contributed by atoms with Gasteiger partial charge in [-0.05, 0) is 99.0 Å². The van der Waals surface area contributed by atoms with Crippen molar-refractivity contribution in [1.82, 2.24) is 5.32 Å². The van der Waals surface area contributed by atoms with Crippen molar-refractivity contribution in [3.05, 3.63) is 154 Å². The van der Waals surface area contributed by atoms with Gasteiger partial charge in [-0.1, -0.05) is 121 Å². The molecule has 0 aromatic heterocycles. The number of fused-ring (bicyclic) bond motifs is 1. The second-order valence-corrected chi connectivity index (χ2v) is 10.9. The number of rotatable bonds is 9. The Morgan fingerprint density at radius 3 is 2.16 bits per heavy atom. The number of hydrogen-bond acceptors (Lipinski definition) is 3. The van der Waals surface area contributed by atoms with Gasteiger partial charge in [0, 0.05) is 18.3 Å². The number of nitrogens with zero attached hydrogens (tertiary/aromatic N) is 1. The molecule has 0 aliphatic carbocycles. The summed E-state index contributed by atoms with van der Waals surface area (Å²) in [4.78, 5) is 4.50. The van der Waals surface area contributed by atoms with Gasteiger partial charge >= 0.3 is 0 Å². The van der Waals surface area contributed by atoms with Crippen molar-refractivity contribution in [3.8, 4) is 12.8 Å². The molecule has 4 aromatic carbocycles. The molecule has 4 aromatic rings. The average Bonchev–Trinajstić information content (AvgIpc) is 3.09. The van der Waals surface area contributed by atoms with Gasteiger partial charge in [0.2, 0.25) is 0 Å². The van der Waals surface area contributed by atoms with E-state index in [0.717, 1.165) is 43.5 Å². The summed E-state index contributed by atoms with van der Waals surface area (Å²) in [5.74, 6) is 0. The molecule has 1 aliphatic rings. The summed E-state index contributed by atoms with van der Waals surface area (Å²) >= 11 is 0. The highest BCUT2D eigenvalue weighted by molar-refractivity contribution is 5.69. The van der Waals surface area contributed by atoms with Crippen LogP contribution in [0.2, 0.25) is 0 Å². The van der Waals surface area contributed by atoms with E-state index in [0.29, 0.717) is 6.04 Å². The molecule has 234 valence electrons. The highest BCUT2D eigenvalue weighted by atomic mass is 14.9. The smallest absolute Gasteiger partial charge is 0.0672 e. The molecule has 0 spiro atoms. The molecule has 0 saturated heterocycles. The van der Waals surface area contributed by atoms with E-state index >= 15 is 0 Å². The first-order chi connectivity index (χ1) is 21.9. The maximum Gasteiger partial charge on any atom is 0.0672 e. The third kappa shape index (κ3) is 11.8. The van der Waals surface area contributed by atoms with E-state index in [9.17, 15) is 0 Å². The highest BCUT2D eigenvalue weighted by Crippen LogP contribution is 2.26. The number of nitrogens with two attached hydrogens (primary N) is 1. The van der Waals surface area contributed by atoms with E-state index in [-0.39, 0.29) is 0 Å². The van der Waals surface area contributed by atoms with Crippen LogP contribution in [0.3, 0.4) is 0 Å². The van der Waals surface area contributed by atoms with Crippen LogP contribution >= 0.6 is 0 Å². The average molecular weight is 598 g/mol. The van der Waals surface area contributed by atoms with Gasteiger partial charge in [-0.2, -0.15) is 0 Å². The van der Waals surface area contributed by atoms with Crippen molar-refractivity contribution >= 4 is 17.3 Å². The van der Waals surface area contributed by atoms with E-state index in [1.54, 1.807) is 0 Å². The van der Waals surface area contributed by atoms with E-state index in [1.807, 2.05) is 6.07 Å². The monoisotopic (exact) mass is 597 g/mol. The number of hydrogen-bond donors (Lipinski definition) is 2. The molecule has 45 heavy (non-hydrogen) atoms. The Labute approximate surface area is 272 Å². The standard InChI is InChI=1S/C28H31N.C11H13N.C2H2.CH5N/c1-4-25(28-18-12-11-13-22(28)2)21-27(20-19-24-14-7-5-8-15-24)29-23(3)26-16-9-6-10-17-26;1-8-6-9(2)11-10(7-8)4-3-5-12-11;2*1-2/h4-18,27,29H,3,19-21H2,1-2H3;4,6-7H,3,5H2,1-2H3;1-2H;2H2,1H3/b25-4-;;;. The Hall–Kier alpha value is -4.65. The number of aryl methyl sites for hydroxylation is 4.